The highest BCUT2D eigenvalue weighted by molar-refractivity contribution is 5.92. The number of likely N-dealkylation sites (N-methyl/N-ethyl adjacent to an activating group) is 1. The summed E-state index contributed by atoms with van der Waals surface area (Å²) in [5.41, 5.74) is 1.97. The molecule has 0 aliphatic carbocycles. The van der Waals surface area contributed by atoms with Crippen LogP contribution in [0.5, 0.6) is 0 Å². The van der Waals surface area contributed by atoms with Crippen LogP contribution in [0.1, 0.15) is 31.0 Å². The number of halogens is 2. The summed E-state index contributed by atoms with van der Waals surface area (Å²) in [6, 6.07) is 10.2. The maximum atomic E-state index is 13.4. The molecule has 6 heteroatoms. The van der Waals surface area contributed by atoms with E-state index in [2.05, 4.69) is 5.32 Å². The van der Waals surface area contributed by atoms with Gasteiger partial charge in [0.05, 0.1) is 6.04 Å². The third kappa shape index (κ3) is 4.99. The molecule has 0 fully saturated rings. The molecule has 4 nitrogen and oxygen atoms in total. The molecule has 0 spiro atoms. The zero-order chi connectivity index (χ0) is 19.3. The Kier molecular flexibility index (Phi) is 6.22. The van der Waals surface area contributed by atoms with Crippen molar-refractivity contribution in [3.63, 3.8) is 0 Å². The second kappa shape index (κ2) is 8.38. The van der Waals surface area contributed by atoms with Crippen LogP contribution in [0.2, 0.25) is 0 Å². The minimum Gasteiger partial charge on any atom is -0.335 e. The highest BCUT2D eigenvalue weighted by Crippen LogP contribution is 2.21. The van der Waals surface area contributed by atoms with Crippen molar-refractivity contribution in [2.75, 3.05) is 12.4 Å². The van der Waals surface area contributed by atoms with Gasteiger partial charge in [-0.3, -0.25) is 9.59 Å². The summed E-state index contributed by atoms with van der Waals surface area (Å²) in [6.45, 7) is 3.16. The average Bonchev–Trinajstić information content (AvgIpc) is 2.61. The van der Waals surface area contributed by atoms with Crippen molar-refractivity contribution in [2.45, 2.75) is 19.9 Å². The summed E-state index contributed by atoms with van der Waals surface area (Å²) in [5.74, 6) is -2.29. The van der Waals surface area contributed by atoms with Gasteiger partial charge in [-0.1, -0.05) is 18.2 Å². The summed E-state index contributed by atoms with van der Waals surface area (Å²) < 4.78 is 26.4. The number of hydrogen-bond acceptors (Lipinski definition) is 2. The number of anilines is 1. The van der Waals surface area contributed by atoms with E-state index in [1.165, 1.54) is 24.0 Å². The number of nitrogens with zero attached hydrogens (tertiary/aromatic N) is 1. The third-order valence-electron chi connectivity index (χ3n) is 4.00. The summed E-state index contributed by atoms with van der Waals surface area (Å²) >= 11 is 0. The molecule has 2 aromatic carbocycles. The van der Waals surface area contributed by atoms with Crippen molar-refractivity contribution in [1.82, 2.24) is 4.90 Å². The summed E-state index contributed by atoms with van der Waals surface area (Å²) in [6.07, 6.45) is 3.05. The van der Waals surface area contributed by atoms with Gasteiger partial charge < -0.3 is 10.2 Å². The molecular formula is C20H20F2N2O2. The number of hydrogen-bond donors (Lipinski definition) is 1. The van der Waals surface area contributed by atoms with Gasteiger partial charge in [0, 0.05) is 25.7 Å². The van der Waals surface area contributed by atoms with Crippen LogP contribution in [-0.4, -0.2) is 23.8 Å². The van der Waals surface area contributed by atoms with Crippen molar-refractivity contribution in [1.29, 1.82) is 0 Å². The lowest BCUT2D eigenvalue weighted by Gasteiger charge is -2.24. The molecule has 0 radical (unpaired) electrons. The Balaban J connectivity index is 2.04. The van der Waals surface area contributed by atoms with E-state index in [1.54, 1.807) is 44.3 Å². The first kappa shape index (κ1) is 19.3. The highest BCUT2D eigenvalue weighted by Gasteiger charge is 2.17. The van der Waals surface area contributed by atoms with Crippen LogP contribution in [-0.2, 0) is 9.59 Å². The van der Waals surface area contributed by atoms with Gasteiger partial charge in [-0.15, -0.1) is 0 Å². The molecule has 0 aliphatic heterocycles. The van der Waals surface area contributed by atoms with Crippen LogP contribution in [0.4, 0.5) is 14.5 Å². The fourth-order valence-electron chi connectivity index (χ4n) is 2.35. The van der Waals surface area contributed by atoms with Crippen LogP contribution in [0.15, 0.2) is 48.5 Å². The molecule has 1 unspecified atom stereocenters. The second-order valence-corrected chi connectivity index (χ2v) is 5.94. The SMILES string of the molecule is CC(=O)Nc1ccc(/C=C/C(=O)N(C)C(C)c2ccc(F)c(F)c2)cc1. The minimum atomic E-state index is -0.940. The Bertz CT molecular complexity index is 832. The van der Waals surface area contributed by atoms with Gasteiger partial charge >= 0.3 is 0 Å². The first-order valence-corrected chi connectivity index (χ1v) is 8.05. The molecule has 0 heterocycles. The van der Waals surface area contributed by atoms with Crippen LogP contribution < -0.4 is 5.32 Å². The average molecular weight is 358 g/mol. The third-order valence-corrected chi connectivity index (χ3v) is 4.00. The molecule has 1 atom stereocenters. The lowest BCUT2D eigenvalue weighted by Crippen LogP contribution is -2.28. The van der Waals surface area contributed by atoms with Gasteiger partial charge in [-0.25, -0.2) is 8.78 Å². The highest BCUT2D eigenvalue weighted by atomic mass is 19.2. The molecule has 0 aliphatic rings. The maximum Gasteiger partial charge on any atom is 0.246 e. The van der Waals surface area contributed by atoms with Gasteiger partial charge in [-0.05, 0) is 48.4 Å². The normalized spacial score (nSPS) is 12.0. The van der Waals surface area contributed by atoms with Crippen LogP contribution in [0.25, 0.3) is 6.08 Å². The number of amides is 2. The molecule has 26 heavy (non-hydrogen) atoms. The Morgan fingerprint density at radius 3 is 2.31 bits per heavy atom. The van der Waals surface area contributed by atoms with E-state index in [0.29, 0.717) is 11.3 Å². The van der Waals surface area contributed by atoms with E-state index in [9.17, 15) is 18.4 Å². The van der Waals surface area contributed by atoms with Gasteiger partial charge in [0.15, 0.2) is 11.6 Å². The Morgan fingerprint density at radius 2 is 1.73 bits per heavy atom. The lowest BCUT2D eigenvalue weighted by atomic mass is 10.1. The topological polar surface area (TPSA) is 49.4 Å². The molecule has 0 saturated carbocycles. The fourth-order valence-corrected chi connectivity index (χ4v) is 2.35. The van der Waals surface area contributed by atoms with Crippen molar-refractivity contribution in [3.8, 4) is 0 Å². The first-order chi connectivity index (χ1) is 12.3. The predicted octanol–water partition coefficient (Wildman–Crippen LogP) is 4.16. The largest absolute Gasteiger partial charge is 0.335 e. The van der Waals surface area contributed by atoms with Gasteiger partial charge in [0.1, 0.15) is 0 Å². The molecule has 1 N–H and O–H groups in total. The molecule has 2 rings (SSSR count). The van der Waals surface area contributed by atoms with E-state index in [1.807, 2.05) is 0 Å². The quantitative estimate of drug-likeness (QED) is 0.816. The lowest BCUT2D eigenvalue weighted by molar-refractivity contribution is -0.126. The monoisotopic (exact) mass is 358 g/mol. The Labute approximate surface area is 151 Å². The van der Waals surface area contributed by atoms with E-state index in [4.69, 9.17) is 0 Å². The van der Waals surface area contributed by atoms with Crippen LogP contribution in [0.3, 0.4) is 0 Å². The van der Waals surface area contributed by atoms with E-state index >= 15 is 0 Å². The molecular weight excluding hydrogens is 338 g/mol. The summed E-state index contributed by atoms with van der Waals surface area (Å²) in [4.78, 5) is 24.7. The summed E-state index contributed by atoms with van der Waals surface area (Å²) in [7, 11) is 1.60. The van der Waals surface area contributed by atoms with Crippen molar-refractivity contribution in [3.05, 3.63) is 71.3 Å². The standard InChI is InChI=1S/C20H20F2N2O2/c1-13(16-7-10-18(21)19(22)12-16)24(3)20(26)11-6-15-4-8-17(9-5-15)23-14(2)25/h4-13H,1-3H3,(H,23,25)/b11-6+. The zero-order valence-electron chi connectivity index (χ0n) is 14.8. The molecule has 136 valence electrons. The zero-order valence-corrected chi connectivity index (χ0v) is 14.8. The number of rotatable bonds is 5. The molecule has 2 aromatic rings. The minimum absolute atomic E-state index is 0.156. The smallest absolute Gasteiger partial charge is 0.246 e. The maximum absolute atomic E-state index is 13.4. The molecule has 2 amide bonds. The number of carbonyl (C=O) groups is 2. The Morgan fingerprint density at radius 1 is 1.08 bits per heavy atom. The Hall–Kier alpha value is -3.02. The van der Waals surface area contributed by atoms with Gasteiger partial charge in [0.25, 0.3) is 0 Å². The number of benzene rings is 2. The molecule has 0 aromatic heterocycles. The first-order valence-electron chi connectivity index (χ1n) is 8.05. The van der Waals surface area contributed by atoms with Crippen molar-refractivity contribution >= 4 is 23.6 Å². The molecule has 0 saturated heterocycles. The van der Waals surface area contributed by atoms with Gasteiger partial charge in [-0.2, -0.15) is 0 Å². The number of carbonyl (C=O) groups excluding carboxylic acids is 2. The summed E-state index contributed by atoms with van der Waals surface area (Å²) in [5, 5.41) is 2.66. The van der Waals surface area contributed by atoms with Gasteiger partial charge in [0.2, 0.25) is 11.8 Å². The molecule has 0 bridgehead atoms. The number of nitrogens with one attached hydrogen (secondary N) is 1. The second-order valence-electron chi connectivity index (χ2n) is 5.94. The van der Waals surface area contributed by atoms with E-state index in [-0.39, 0.29) is 11.8 Å². The predicted molar refractivity (Wildman–Crippen MR) is 97.3 cm³/mol. The fraction of sp³-hybridized carbons (Fsp3) is 0.200. The van der Waals surface area contributed by atoms with Crippen LogP contribution in [0, 0.1) is 11.6 Å². The van der Waals surface area contributed by atoms with Crippen molar-refractivity contribution in [2.24, 2.45) is 0 Å². The van der Waals surface area contributed by atoms with Crippen molar-refractivity contribution < 1.29 is 18.4 Å². The van der Waals surface area contributed by atoms with E-state index < -0.39 is 17.7 Å². The van der Waals surface area contributed by atoms with Crippen LogP contribution >= 0.6 is 0 Å². The van der Waals surface area contributed by atoms with E-state index in [0.717, 1.165) is 17.7 Å².